The molecule has 0 saturated carbocycles. The molecule has 0 aliphatic rings. The minimum atomic E-state index is -4.79. The Kier molecular flexibility index (Phi) is 10.6. The first-order valence-electron chi connectivity index (χ1n) is 11.2. The molecule has 3 aromatic rings. The van der Waals surface area contributed by atoms with E-state index in [0.29, 0.717) is 30.3 Å². The second-order valence-corrected chi connectivity index (χ2v) is 8.30. The molecule has 1 heterocycles. The Balaban J connectivity index is 0.000000273. The maximum atomic E-state index is 12.4. The van der Waals surface area contributed by atoms with Crippen molar-refractivity contribution in [1.29, 1.82) is 0 Å². The van der Waals surface area contributed by atoms with Crippen LogP contribution in [0.5, 0.6) is 0 Å². The number of aromatic carboxylic acids is 1. The Morgan fingerprint density at radius 2 is 1.55 bits per heavy atom. The Morgan fingerprint density at radius 1 is 0.974 bits per heavy atom. The van der Waals surface area contributed by atoms with E-state index in [1.807, 2.05) is 49.3 Å². The van der Waals surface area contributed by atoms with Gasteiger partial charge >= 0.3 is 18.3 Å². The van der Waals surface area contributed by atoms with Crippen molar-refractivity contribution in [1.82, 2.24) is 20.2 Å². The van der Waals surface area contributed by atoms with Crippen LogP contribution in [0, 0.1) is 0 Å². The molecule has 38 heavy (non-hydrogen) atoms. The van der Waals surface area contributed by atoms with Gasteiger partial charge in [0.1, 0.15) is 5.56 Å². The predicted octanol–water partition coefficient (Wildman–Crippen LogP) is 5.26. The van der Waals surface area contributed by atoms with Gasteiger partial charge in [-0.3, -0.25) is 0 Å². The highest BCUT2D eigenvalue weighted by atomic mass is 19.4. The van der Waals surface area contributed by atoms with Crippen LogP contribution < -0.4 is 10.6 Å². The lowest BCUT2D eigenvalue weighted by atomic mass is 10.0. The van der Waals surface area contributed by atoms with Crippen LogP contribution in [0.15, 0.2) is 54.7 Å². The second kappa shape index (κ2) is 13.2. The van der Waals surface area contributed by atoms with Gasteiger partial charge in [-0.1, -0.05) is 30.3 Å². The van der Waals surface area contributed by atoms with Crippen LogP contribution in [0.3, 0.4) is 0 Å². The SMILES string of the molecule is CN(C)CCNc1ncc(C(=O)O)c(-c2ccccc2)n1.CNCc1cc(C(F)(F)F)cc(C(F)(F)F)c1. The number of carboxylic acids is 1. The molecule has 0 aliphatic heterocycles. The van der Waals surface area contributed by atoms with E-state index in [2.05, 4.69) is 20.6 Å². The quantitative estimate of drug-likeness (QED) is 0.334. The smallest absolute Gasteiger partial charge is 0.416 e. The van der Waals surface area contributed by atoms with Crippen molar-refractivity contribution in [2.45, 2.75) is 18.9 Å². The first kappa shape index (κ1) is 30.5. The molecule has 3 N–H and O–H groups in total. The first-order valence-corrected chi connectivity index (χ1v) is 11.2. The number of nitrogens with one attached hydrogen (secondary N) is 2. The van der Waals surface area contributed by atoms with Crippen LogP contribution in [0.25, 0.3) is 11.3 Å². The van der Waals surface area contributed by atoms with E-state index in [1.54, 1.807) is 0 Å². The van der Waals surface area contributed by atoms with Gasteiger partial charge in [0.25, 0.3) is 0 Å². The second-order valence-electron chi connectivity index (χ2n) is 8.30. The van der Waals surface area contributed by atoms with E-state index in [1.165, 1.54) is 13.2 Å². The first-order chi connectivity index (χ1) is 17.7. The fourth-order valence-electron chi connectivity index (χ4n) is 3.16. The highest BCUT2D eigenvalue weighted by molar-refractivity contribution is 5.94. The number of halogens is 6. The van der Waals surface area contributed by atoms with Crippen molar-refractivity contribution >= 4 is 11.9 Å². The zero-order chi connectivity index (χ0) is 28.5. The molecule has 0 radical (unpaired) electrons. The third-order valence-electron chi connectivity index (χ3n) is 4.94. The normalized spacial score (nSPS) is 11.6. The number of alkyl halides is 6. The van der Waals surface area contributed by atoms with E-state index < -0.39 is 29.4 Å². The molecule has 1 aromatic heterocycles. The maximum absolute atomic E-state index is 12.4. The molecular formula is C25H27F6N5O2. The van der Waals surface area contributed by atoms with Gasteiger partial charge in [-0.2, -0.15) is 26.3 Å². The van der Waals surface area contributed by atoms with Crippen molar-refractivity contribution in [3.8, 4) is 11.3 Å². The van der Waals surface area contributed by atoms with E-state index in [0.717, 1.165) is 12.1 Å². The fourth-order valence-corrected chi connectivity index (χ4v) is 3.16. The van der Waals surface area contributed by atoms with Crippen molar-refractivity contribution < 1.29 is 36.2 Å². The summed E-state index contributed by atoms with van der Waals surface area (Å²) < 4.78 is 74.3. The summed E-state index contributed by atoms with van der Waals surface area (Å²) in [6.45, 7) is 1.46. The number of hydrogen-bond acceptors (Lipinski definition) is 6. The van der Waals surface area contributed by atoms with Gasteiger partial charge in [-0.05, 0) is 44.9 Å². The molecule has 3 rings (SSSR count). The predicted molar refractivity (Wildman–Crippen MR) is 131 cm³/mol. The molecule has 0 fully saturated rings. The number of benzene rings is 2. The molecular weight excluding hydrogens is 516 g/mol. The zero-order valence-corrected chi connectivity index (χ0v) is 20.8. The van der Waals surface area contributed by atoms with Crippen molar-refractivity contribution in [3.63, 3.8) is 0 Å². The summed E-state index contributed by atoms with van der Waals surface area (Å²) in [6, 6.07) is 10.7. The highest BCUT2D eigenvalue weighted by Gasteiger charge is 2.36. The van der Waals surface area contributed by atoms with Crippen LogP contribution >= 0.6 is 0 Å². The molecule has 0 saturated heterocycles. The van der Waals surface area contributed by atoms with Gasteiger partial charge in [-0.25, -0.2) is 14.8 Å². The van der Waals surface area contributed by atoms with Crippen molar-refractivity contribution in [2.75, 3.05) is 39.5 Å². The summed E-state index contributed by atoms with van der Waals surface area (Å²) in [5.41, 5.74) is -1.37. The number of carbonyl (C=O) groups is 1. The van der Waals surface area contributed by atoms with Crippen LogP contribution in [0.1, 0.15) is 27.0 Å². The summed E-state index contributed by atoms with van der Waals surface area (Å²) >= 11 is 0. The lowest BCUT2D eigenvalue weighted by molar-refractivity contribution is -0.143. The molecule has 0 amide bonds. The fraction of sp³-hybridized carbons (Fsp3) is 0.320. The molecule has 13 heteroatoms. The number of nitrogens with zero attached hydrogens (tertiary/aromatic N) is 3. The molecule has 0 aliphatic carbocycles. The molecule has 2 aromatic carbocycles. The summed E-state index contributed by atoms with van der Waals surface area (Å²) in [7, 11) is 5.39. The molecule has 206 valence electrons. The van der Waals surface area contributed by atoms with Crippen LogP contribution in [-0.4, -0.2) is 60.2 Å². The van der Waals surface area contributed by atoms with E-state index in [9.17, 15) is 36.2 Å². The molecule has 0 bridgehead atoms. The van der Waals surface area contributed by atoms with E-state index >= 15 is 0 Å². The lowest BCUT2D eigenvalue weighted by Gasteiger charge is -2.13. The van der Waals surface area contributed by atoms with E-state index in [4.69, 9.17) is 0 Å². The molecule has 7 nitrogen and oxygen atoms in total. The monoisotopic (exact) mass is 543 g/mol. The minimum absolute atomic E-state index is 0.0605. The highest BCUT2D eigenvalue weighted by Crippen LogP contribution is 2.36. The summed E-state index contributed by atoms with van der Waals surface area (Å²) in [4.78, 5) is 21.7. The summed E-state index contributed by atoms with van der Waals surface area (Å²) in [6.07, 6.45) is -8.23. The van der Waals surface area contributed by atoms with Crippen LogP contribution in [0.2, 0.25) is 0 Å². The lowest BCUT2D eigenvalue weighted by Crippen LogP contribution is -2.21. The number of carboxylic acid groups (broad SMARTS) is 1. The van der Waals surface area contributed by atoms with Crippen molar-refractivity contribution in [2.24, 2.45) is 0 Å². The average molecular weight is 544 g/mol. The van der Waals surface area contributed by atoms with Gasteiger partial charge < -0.3 is 20.6 Å². The number of hydrogen-bond donors (Lipinski definition) is 3. The third-order valence-corrected chi connectivity index (χ3v) is 4.94. The number of likely N-dealkylation sites (N-methyl/N-ethyl adjacent to an activating group) is 1. The Hall–Kier alpha value is -3.71. The average Bonchev–Trinajstić information content (AvgIpc) is 2.83. The third kappa shape index (κ3) is 9.30. The van der Waals surface area contributed by atoms with Crippen LogP contribution in [-0.2, 0) is 18.9 Å². The largest absolute Gasteiger partial charge is 0.478 e. The minimum Gasteiger partial charge on any atom is -0.478 e. The summed E-state index contributed by atoms with van der Waals surface area (Å²) in [5.74, 6) is -0.602. The maximum Gasteiger partial charge on any atom is 0.416 e. The van der Waals surface area contributed by atoms with Gasteiger partial charge in [0.15, 0.2) is 0 Å². The number of rotatable bonds is 8. The molecule has 0 unspecified atom stereocenters. The topological polar surface area (TPSA) is 90.4 Å². The molecule has 0 atom stereocenters. The van der Waals surface area contributed by atoms with Gasteiger partial charge in [-0.15, -0.1) is 0 Å². The molecule has 0 spiro atoms. The Morgan fingerprint density at radius 3 is 2.03 bits per heavy atom. The Labute approximate surface area is 215 Å². The van der Waals surface area contributed by atoms with Gasteiger partial charge in [0.05, 0.1) is 16.8 Å². The van der Waals surface area contributed by atoms with Crippen molar-refractivity contribution in [3.05, 3.63) is 77.0 Å². The van der Waals surface area contributed by atoms with Gasteiger partial charge in [0, 0.05) is 31.4 Å². The van der Waals surface area contributed by atoms with E-state index in [-0.39, 0.29) is 23.7 Å². The van der Waals surface area contributed by atoms with Crippen LogP contribution in [0.4, 0.5) is 32.3 Å². The summed E-state index contributed by atoms with van der Waals surface area (Å²) in [5, 5.41) is 14.9. The van der Waals surface area contributed by atoms with Gasteiger partial charge in [0.2, 0.25) is 5.95 Å². The standard InChI is InChI=1S/C15H18N4O2.C10H9F6N/c1-19(2)9-8-16-15-17-10-12(14(20)21)13(18-15)11-6-4-3-5-7-11;1-17-5-6-2-7(9(11,12)13)4-8(3-6)10(14,15)16/h3-7,10H,8-9H2,1-2H3,(H,20,21)(H,16,17,18);2-4,17H,5H2,1H3. The number of anilines is 1. The Bertz CT molecular complexity index is 1170. The number of aromatic nitrogens is 2. The zero-order valence-electron chi connectivity index (χ0n) is 20.8.